The third-order valence-corrected chi connectivity index (χ3v) is 4.78. The summed E-state index contributed by atoms with van der Waals surface area (Å²) in [5, 5.41) is 6.99. The van der Waals surface area contributed by atoms with Gasteiger partial charge in [-0.05, 0) is 49.1 Å². The molecular formula is C21H22N4O3. The number of rotatable bonds is 6. The number of benzene rings is 1. The summed E-state index contributed by atoms with van der Waals surface area (Å²) in [5.41, 5.74) is 3.12. The van der Waals surface area contributed by atoms with Crippen molar-refractivity contribution >= 4 is 5.91 Å². The molecule has 1 aromatic carbocycles. The molecule has 0 saturated carbocycles. The van der Waals surface area contributed by atoms with Gasteiger partial charge in [0.15, 0.2) is 0 Å². The number of nitrogens with zero attached hydrogens (tertiary/aromatic N) is 3. The number of aromatic nitrogens is 3. The van der Waals surface area contributed by atoms with Gasteiger partial charge in [-0.1, -0.05) is 17.3 Å². The highest BCUT2D eigenvalue weighted by Gasteiger charge is 2.16. The molecule has 28 heavy (non-hydrogen) atoms. The van der Waals surface area contributed by atoms with Gasteiger partial charge in [0, 0.05) is 30.8 Å². The molecule has 0 saturated heterocycles. The fourth-order valence-corrected chi connectivity index (χ4v) is 3.24. The maximum absolute atomic E-state index is 12.3. The molecule has 3 heterocycles. The highest BCUT2D eigenvalue weighted by Crippen LogP contribution is 2.27. The first kappa shape index (κ1) is 18.2. The van der Waals surface area contributed by atoms with Crippen molar-refractivity contribution in [2.45, 2.75) is 38.6 Å². The number of hydrogen-bond acceptors (Lipinski definition) is 6. The molecule has 0 aliphatic carbocycles. The average Bonchev–Trinajstić information content (AvgIpc) is 3.22. The van der Waals surface area contributed by atoms with Gasteiger partial charge >= 0.3 is 0 Å². The van der Waals surface area contributed by atoms with E-state index >= 15 is 0 Å². The molecule has 7 heteroatoms. The Morgan fingerprint density at radius 3 is 2.96 bits per heavy atom. The van der Waals surface area contributed by atoms with Gasteiger partial charge in [-0.2, -0.15) is 4.98 Å². The van der Waals surface area contributed by atoms with Crippen LogP contribution in [0.5, 0.6) is 5.75 Å². The number of hydrogen-bond donors (Lipinski definition) is 1. The molecule has 144 valence electrons. The Kier molecular flexibility index (Phi) is 5.32. The predicted molar refractivity (Wildman–Crippen MR) is 103 cm³/mol. The maximum atomic E-state index is 12.3. The van der Waals surface area contributed by atoms with Crippen molar-refractivity contribution in [2.24, 2.45) is 0 Å². The van der Waals surface area contributed by atoms with Crippen molar-refractivity contribution in [1.82, 2.24) is 20.4 Å². The van der Waals surface area contributed by atoms with E-state index in [4.69, 9.17) is 9.26 Å². The highest BCUT2D eigenvalue weighted by atomic mass is 16.5. The van der Waals surface area contributed by atoms with Gasteiger partial charge in [-0.15, -0.1) is 0 Å². The number of fused-ring (bicyclic) bond motifs is 1. The van der Waals surface area contributed by atoms with E-state index in [9.17, 15) is 4.79 Å². The van der Waals surface area contributed by atoms with E-state index in [1.165, 1.54) is 5.56 Å². The first-order valence-electron chi connectivity index (χ1n) is 9.47. The SMILES string of the molecule is C[C@@H](NC(=O)CCc1nc(-c2ccncc2)no1)c1ccc2c(c1)CCCO2. The fourth-order valence-electron chi connectivity index (χ4n) is 3.24. The summed E-state index contributed by atoms with van der Waals surface area (Å²) < 4.78 is 10.9. The second-order valence-corrected chi connectivity index (χ2v) is 6.86. The Bertz CT molecular complexity index is 955. The first-order chi connectivity index (χ1) is 13.7. The van der Waals surface area contributed by atoms with Crippen molar-refractivity contribution in [3.05, 3.63) is 59.7 Å². The standard InChI is InChI=1S/C21H22N4O3/c1-14(16-4-5-18-17(13-16)3-2-12-27-18)23-19(26)6-7-20-24-21(25-28-20)15-8-10-22-11-9-15/h4-5,8-11,13-14H,2-3,6-7,12H2,1H3,(H,23,26)/t14-/m1/s1. The lowest BCUT2D eigenvalue weighted by atomic mass is 10.00. The van der Waals surface area contributed by atoms with Crippen LogP contribution in [0.3, 0.4) is 0 Å². The van der Waals surface area contributed by atoms with Crippen LogP contribution in [0.2, 0.25) is 0 Å². The van der Waals surface area contributed by atoms with Gasteiger partial charge in [-0.3, -0.25) is 9.78 Å². The Hall–Kier alpha value is -3.22. The molecule has 1 atom stereocenters. The molecule has 7 nitrogen and oxygen atoms in total. The monoisotopic (exact) mass is 378 g/mol. The molecule has 1 aliphatic heterocycles. The highest BCUT2D eigenvalue weighted by molar-refractivity contribution is 5.76. The zero-order valence-corrected chi connectivity index (χ0v) is 15.7. The second kappa shape index (κ2) is 8.21. The Morgan fingerprint density at radius 1 is 1.25 bits per heavy atom. The molecule has 2 aromatic heterocycles. The molecule has 4 rings (SSSR count). The van der Waals surface area contributed by atoms with Crippen molar-refractivity contribution in [2.75, 3.05) is 6.61 Å². The average molecular weight is 378 g/mol. The molecule has 1 N–H and O–H groups in total. The minimum absolute atomic E-state index is 0.0508. The van der Waals surface area contributed by atoms with Crippen LogP contribution >= 0.6 is 0 Å². The third-order valence-electron chi connectivity index (χ3n) is 4.78. The molecule has 0 fully saturated rings. The zero-order valence-electron chi connectivity index (χ0n) is 15.7. The van der Waals surface area contributed by atoms with Crippen molar-refractivity contribution in [1.29, 1.82) is 0 Å². The van der Waals surface area contributed by atoms with E-state index in [1.807, 2.05) is 31.2 Å². The van der Waals surface area contributed by atoms with Crippen LogP contribution in [0.25, 0.3) is 11.4 Å². The number of amides is 1. The van der Waals surface area contributed by atoms with Crippen molar-refractivity contribution in [3.8, 4) is 17.1 Å². The molecule has 0 spiro atoms. The molecule has 1 amide bonds. The number of carbonyl (C=O) groups is 1. The van der Waals surface area contributed by atoms with Gasteiger partial charge in [0.05, 0.1) is 12.6 Å². The van der Waals surface area contributed by atoms with Crippen LogP contribution in [0.1, 0.15) is 42.8 Å². The van der Waals surface area contributed by atoms with Crippen LogP contribution < -0.4 is 10.1 Å². The number of carbonyl (C=O) groups excluding carboxylic acids is 1. The molecule has 0 unspecified atom stereocenters. The summed E-state index contributed by atoms with van der Waals surface area (Å²) in [4.78, 5) is 20.6. The smallest absolute Gasteiger partial charge is 0.227 e. The second-order valence-electron chi connectivity index (χ2n) is 6.86. The van der Waals surface area contributed by atoms with Crippen molar-refractivity contribution in [3.63, 3.8) is 0 Å². The third kappa shape index (κ3) is 4.19. The minimum Gasteiger partial charge on any atom is -0.493 e. The molecule has 3 aromatic rings. The number of nitrogens with one attached hydrogen (secondary N) is 1. The molecule has 0 bridgehead atoms. The van der Waals surface area contributed by atoms with E-state index in [2.05, 4.69) is 26.5 Å². The quantitative estimate of drug-likeness (QED) is 0.708. The first-order valence-corrected chi connectivity index (χ1v) is 9.47. The number of ether oxygens (including phenoxy) is 1. The van der Waals surface area contributed by atoms with Gasteiger partial charge in [-0.25, -0.2) is 0 Å². The van der Waals surface area contributed by atoms with E-state index in [0.29, 0.717) is 18.1 Å². The maximum Gasteiger partial charge on any atom is 0.227 e. The largest absolute Gasteiger partial charge is 0.493 e. The number of aryl methyl sites for hydroxylation is 2. The molecule has 1 aliphatic rings. The number of pyridine rings is 1. The van der Waals surface area contributed by atoms with Gasteiger partial charge < -0.3 is 14.6 Å². The van der Waals surface area contributed by atoms with E-state index in [1.54, 1.807) is 12.4 Å². The predicted octanol–water partition coefficient (Wildman–Crippen LogP) is 3.27. The summed E-state index contributed by atoms with van der Waals surface area (Å²) in [5.74, 6) is 1.85. The summed E-state index contributed by atoms with van der Waals surface area (Å²) >= 11 is 0. The van der Waals surface area contributed by atoms with Gasteiger partial charge in [0.1, 0.15) is 5.75 Å². The van der Waals surface area contributed by atoms with Crippen LogP contribution in [-0.4, -0.2) is 27.6 Å². The van der Waals surface area contributed by atoms with E-state index < -0.39 is 0 Å². The molecule has 0 radical (unpaired) electrons. The van der Waals surface area contributed by atoms with Crippen LogP contribution in [-0.2, 0) is 17.6 Å². The Balaban J connectivity index is 1.31. The van der Waals surface area contributed by atoms with Gasteiger partial charge in [0.25, 0.3) is 0 Å². The summed E-state index contributed by atoms with van der Waals surface area (Å²) in [6.07, 6.45) is 6.08. The van der Waals surface area contributed by atoms with Gasteiger partial charge in [0.2, 0.25) is 17.6 Å². The topological polar surface area (TPSA) is 90.1 Å². The fraction of sp³-hybridized carbons (Fsp3) is 0.333. The normalized spacial score (nSPS) is 14.0. The van der Waals surface area contributed by atoms with E-state index in [-0.39, 0.29) is 18.4 Å². The zero-order chi connectivity index (χ0) is 19.3. The summed E-state index contributed by atoms with van der Waals surface area (Å²) in [6.45, 7) is 2.76. The van der Waals surface area contributed by atoms with Crippen LogP contribution in [0.15, 0.2) is 47.2 Å². The lowest BCUT2D eigenvalue weighted by molar-refractivity contribution is -0.121. The molecular weight excluding hydrogens is 356 g/mol. The minimum atomic E-state index is -0.0743. The van der Waals surface area contributed by atoms with Crippen LogP contribution in [0, 0.1) is 0 Å². The van der Waals surface area contributed by atoms with E-state index in [0.717, 1.165) is 36.3 Å². The van der Waals surface area contributed by atoms with Crippen LogP contribution in [0.4, 0.5) is 0 Å². The lowest BCUT2D eigenvalue weighted by Gasteiger charge is -2.20. The Labute approximate surface area is 163 Å². The van der Waals surface area contributed by atoms with Crippen molar-refractivity contribution < 1.29 is 14.1 Å². The summed E-state index contributed by atoms with van der Waals surface area (Å²) in [7, 11) is 0. The summed E-state index contributed by atoms with van der Waals surface area (Å²) in [6, 6.07) is 9.67. The Morgan fingerprint density at radius 2 is 2.11 bits per heavy atom. The lowest BCUT2D eigenvalue weighted by Crippen LogP contribution is -2.27.